The summed E-state index contributed by atoms with van der Waals surface area (Å²) >= 11 is 7.35. The highest BCUT2D eigenvalue weighted by Crippen LogP contribution is 2.32. The number of aryl methyl sites for hydroxylation is 4. The molecule has 210 valence electrons. The van der Waals surface area contributed by atoms with Gasteiger partial charge >= 0.3 is 0 Å². The Balaban J connectivity index is 1.22. The summed E-state index contributed by atoms with van der Waals surface area (Å²) in [6, 6.07) is 22.6. The third kappa shape index (κ3) is 5.67. The number of ether oxygens (including phenoxy) is 1. The third-order valence-corrected chi connectivity index (χ3v) is 7.75. The van der Waals surface area contributed by atoms with Crippen molar-refractivity contribution in [2.24, 2.45) is 0 Å². The van der Waals surface area contributed by atoms with E-state index in [1.165, 1.54) is 11.3 Å². The SMILES string of the molecule is Cc1ccc(-c2nc(C(=O)Nc3nnc(-c4ccc(Oc5ccc(Cl)c(C)c5)cc4)s3)c(-n3nc(C)cc3C)o2)cc1. The van der Waals surface area contributed by atoms with Crippen molar-refractivity contribution in [3.63, 3.8) is 0 Å². The summed E-state index contributed by atoms with van der Waals surface area (Å²) in [5, 5.41) is 17.4. The van der Waals surface area contributed by atoms with Crippen LogP contribution < -0.4 is 10.1 Å². The van der Waals surface area contributed by atoms with Crippen molar-refractivity contribution >= 4 is 34.0 Å². The van der Waals surface area contributed by atoms with Crippen LogP contribution in [-0.4, -0.2) is 30.9 Å². The number of aromatic nitrogens is 5. The molecule has 42 heavy (non-hydrogen) atoms. The van der Waals surface area contributed by atoms with Crippen molar-refractivity contribution in [2.75, 3.05) is 5.32 Å². The van der Waals surface area contributed by atoms with Crippen LogP contribution in [0.5, 0.6) is 11.5 Å². The van der Waals surface area contributed by atoms with Gasteiger partial charge in [-0.1, -0.05) is 40.6 Å². The molecule has 0 aliphatic carbocycles. The Hall–Kier alpha value is -4.80. The van der Waals surface area contributed by atoms with E-state index in [4.69, 9.17) is 20.8 Å². The molecule has 9 nitrogen and oxygen atoms in total. The molecule has 0 saturated heterocycles. The van der Waals surface area contributed by atoms with Gasteiger partial charge in [0.2, 0.25) is 11.0 Å². The quantitative estimate of drug-likeness (QED) is 0.199. The molecule has 11 heteroatoms. The smallest absolute Gasteiger partial charge is 0.281 e. The summed E-state index contributed by atoms with van der Waals surface area (Å²) in [5.74, 6) is 1.43. The molecule has 1 amide bonds. The molecule has 0 saturated carbocycles. The van der Waals surface area contributed by atoms with Crippen LogP contribution in [0.25, 0.3) is 27.9 Å². The van der Waals surface area contributed by atoms with Crippen LogP contribution in [0.4, 0.5) is 5.13 Å². The number of nitrogens with one attached hydrogen (secondary N) is 1. The maximum Gasteiger partial charge on any atom is 0.281 e. The number of amides is 1. The van der Waals surface area contributed by atoms with Gasteiger partial charge < -0.3 is 9.15 Å². The Morgan fingerprint density at radius 3 is 2.31 bits per heavy atom. The Kier molecular flexibility index (Phi) is 7.32. The molecule has 0 fully saturated rings. The molecule has 0 radical (unpaired) electrons. The van der Waals surface area contributed by atoms with Crippen molar-refractivity contribution < 1.29 is 13.9 Å². The Bertz CT molecular complexity index is 1910. The minimum Gasteiger partial charge on any atom is -0.457 e. The number of carbonyl (C=O) groups excluding carboxylic acids is 1. The van der Waals surface area contributed by atoms with Crippen LogP contribution in [0.1, 0.15) is 33.0 Å². The van der Waals surface area contributed by atoms with Gasteiger partial charge in [0.05, 0.1) is 5.69 Å². The number of anilines is 1. The maximum absolute atomic E-state index is 13.5. The number of rotatable bonds is 7. The van der Waals surface area contributed by atoms with Crippen molar-refractivity contribution in [1.29, 1.82) is 0 Å². The second kappa shape index (κ2) is 11.2. The molecule has 3 heterocycles. The number of oxazole rings is 1. The van der Waals surface area contributed by atoms with Gasteiger partial charge in [0.15, 0.2) is 5.69 Å². The van der Waals surface area contributed by atoms with Crippen LogP contribution >= 0.6 is 22.9 Å². The normalized spacial score (nSPS) is 11.1. The lowest BCUT2D eigenvalue weighted by Crippen LogP contribution is -2.15. The van der Waals surface area contributed by atoms with E-state index in [-0.39, 0.29) is 11.6 Å². The van der Waals surface area contributed by atoms with Crippen LogP contribution in [0.3, 0.4) is 0 Å². The highest BCUT2D eigenvalue weighted by atomic mass is 35.5. The average molecular weight is 597 g/mol. The van der Waals surface area contributed by atoms with Gasteiger partial charge in [-0.3, -0.25) is 10.1 Å². The molecule has 0 aliphatic heterocycles. The van der Waals surface area contributed by atoms with E-state index in [9.17, 15) is 4.79 Å². The fourth-order valence-corrected chi connectivity index (χ4v) is 5.15. The van der Waals surface area contributed by atoms with Gasteiger partial charge in [-0.2, -0.15) is 5.10 Å². The first kappa shape index (κ1) is 27.4. The van der Waals surface area contributed by atoms with E-state index in [0.29, 0.717) is 32.6 Å². The van der Waals surface area contributed by atoms with Crippen LogP contribution in [0, 0.1) is 27.7 Å². The zero-order valence-electron chi connectivity index (χ0n) is 23.2. The largest absolute Gasteiger partial charge is 0.457 e. The average Bonchev–Trinajstić information content (AvgIpc) is 3.70. The monoisotopic (exact) mass is 596 g/mol. The van der Waals surface area contributed by atoms with Gasteiger partial charge in [-0.15, -0.1) is 10.2 Å². The molecular weight excluding hydrogens is 572 g/mol. The predicted octanol–water partition coefficient (Wildman–Crippen LogP) is 7.98. The fraction of sp³-hybridized carbons (Fsp3) is 0.129. The lowest BCUT2D eigenvalue weighted by atomic mass is 10.1. The predicted molar refractivity (Wildman–Crippen MR) is 163 cm³/mol. The number of halogens is 1. The van der Waals surface area contributed by atoms with Crippen molar-refractivity contribution in [3.05, 3.63) is 106 Å². The Morgan fingerprint density at radius 2 is 1.62 bits per heavy atom. The molecule has 0 bridgehead atoms. The third-order valence-electron chi connectivity index (χ3n) is 6.44. The van der Waals surface area contributed by atoms with Crippen LogP contribution in [0.15, 0.2) is 77.2 Å². The second-order valence-corrected chi connectivity index (χ2v) is 11.2. The maximum atomic E-state index is 13.5. The summed E-state index contributed by atoms with van der Waals surface area (Å²) in [6.45, 7) is 7.69. The van der Waals surface area contributed by atoms with Crippen LogP contribution in [0.2, 0.25) is 5.02 Å². The molecule has 6 rings (SSSR count). The summed E-state index contributed by atoms with van der Waals surface area (Å²) in [4.78, 5) is 18.0. The van der Waals surface area contributed by atoms with Crippen LogP contribution in [-0.2, 0) is 0 Å². The summed E-state index contributed by atoms with van der Waals surface area (Å²) in [7, 11) is 0. The number of hydrogen-bond acceptors (Lipinski definition) is 8. The van der Waals surface area contributed by atoms with Gasteiger partial charge in [0, 0.05) is 21.8 Å². The number of hydrogen-bond donors (Lipinski definition) is 1. The molecule has 1 N–H and O–H groups in total. The van der Waals surface area contributed by atoms with Crippen molar-refractivity contribution in [1.82, 2.24) is 25.0 Å². The van der Waals surface area contributed by atoms with E-state index < -0.39 is 5.91 Å². The molecule has 0 aliphatic rings. The number of nitrogens with zero attached hydrogens (tertiary/aromatic N) is 5. The molecular formula is C31H25ClN6O3S. The Labute approximate surface area is 250 Å². The molecule has 6 aromatic rings. The first-order valence-electron chi connectivity index (χ1n) is 13.0. The Morgan fingerprint density at radius 1 is 0.905 bits per heavy atom. The highest BCUT2D eigenvalue weighted by Gasteiger charge is 2.25. The lowest BCUT2D eigenvalue weighted by Gasteiger charge is -2.07. The van der Waals surface area contributed by atoms with E-state index in [2.05, 4.69) is 25.6 Å². The van der Waals surface area contributed by atoms with Crippen molar-refractivity contribution in [2.45, 2.75) is 27.7 Å². The first-order valence-corrected chi connectivity index (χ1v) is 14.2. The molecule has 0 atom stereocenters. The van der Waals surface area contributed by atoms with E-state index >= 15 is 0 Å². The molecule has 3 aromatic heterocycles. The van der Waals surface area contributed by atoms with Gasteiger partial charge in [0.25, 0.3) is 11.8 Å². The zero-order valence-corrected chi connectivity index (χ0v) is 24.7. The minimum absolute atomic E-state index is 0.0902. The zero-order chi connectivity index (χ0) is 29.4. The summed E-state index contributed by atoms with van der Waals surface area (Å²) in [5.41, 5.74) is 5.32. The van der Waals surface area contributed by atoms with Gasteiger partial charge in [-0.25, -0.2) is 9.67 Å². The van der Waals surface area contributed by atoms with Crippen molar-refractivity contribution in [3.8, 4) is 39.4 Å². The second-order valence-electron chi connectivity index (χ2n) is 9.78. The molecule has 3 aromatic carbocycles. The first-order chi connectivity index (χ1) is 20.2. The van der Waals surface area contributed by atoms with Gasteiger partial charge in [-0.05, 0) is 93.9 Å². The highest BCUT2D eigenvalue weighted by molar-refractivity contribution is 7.18. The molecule has 0 unspecified atom stereocenters. The van der Waals surface area contributed by atoms with E-state index in [1.807, 2.05) is 94.4 Å². The number of carbonyl (C=O) groups is 1. The molecule has 0 spiro atoms. The fourth-order valence-electron chi connectivity index (χ4n) is 4.29. The standard InChI is InChI=1S/C31H25ClN6O3S/c1-17-5-7-21(8-6-17)28-33-26(30(41-28)38-20(4)16-19(3)37-38)27(39)34-31-36-35-29(42-31)22-9-11-23(12-10-22)40-24-13-14-25(32)18(2)15-24/h5-16H,1-4H3,(H,34,36,39). The summed E-state index contributed by atoms with van der Waals surface area (Å²) in [6.07, 6.45) is 0. The van der Waals surface area contributed by atoms with E-state index in [0.717, 1.165) is 33.6 Å². The summed E-state index contributed by atoms with van der Waals surface area (Å²) < 4.78 is 13.6. The minimum atomic E-state index is -0.482. The number of benzene rings is 3. The topological polar surface area (TPSA) is 108 Å². The lowest BCUT2D eigenvalue weighted by molar-refractivity contribution is 0.102. The van der Waals surface area contributed by atoms with Gasteiger partial charge in [0.1, 0.15) is 16.5 Å². The van der Waals surface area contributed by atoms with E-state index in [1.54, 1.807) is 10.7 Å².